The van der Waals surface area contributed by atoms with Gasteiger partial charge in [0.1, 0.15) is 11.8 Å². The van der Waals surface area contributed by atoms with Crippen LogP contribution in [-0.2, 0) is 31.0 Å². The van der Waals surface area contributed by atoms with Crippen LogP contribution in [0.3, 0.4) is 0 Å². The molecule has 1 atom stereocenters. The Kier molecular flexibility index (Phi) is 6.69. The highest BCUT2D eigenvalue weighted by Gasteiger charge is 2.47. The van der Waals surface area contributed by atoms with Gasteiger partial charge in [-0.25, -0.2) is 13.3 Å². The van der Waals surface area contributed by atoms with E-state index in [1.807, 2.05) is 0 Å². The Hall–Kier alpha value is -3.28. The highest BCUT2D eigenvalue weighted by molar-refractivity contribution is 9.10. The third kappa shape index (κ3) is 4.81. The lowest BCUT2D eigenvalue weighted by Crippen LogP contribution is -2.45. The van der Waals surface area contributed by atoms with Crippen molar-refractivity contribution >= 4 is 55.0 Å². The summed E-state index contributed by atoms with van der Waals surface area (Å²) in [6, 6.07) is 14.1. The number of hydrogen-bond donors (Lipinski definition) is 1. The number of sulfonamides is 1. The van der Waals surface area contributed by atoms with Crippen LogP contribution >= 0.6 is 15.9 Å². The normalized spacial score (nSPS) is 16.3. The molecule has 1 fully saturated rings. The van der Waals surface area contributed by atoms with Gasteiger partial charge in [-0.2, -0.15) is 4.31 Å². The summed E-state index contributed by atoms with van der Waals surface area (Å²) in [5.41, 5.74) is 0.787. The summed E-state index contributed by atoms with van der Waals surface area (Å²) in [6.07, 6.45) is 1.09. The highest BCUT2D eigenvalue weighted by atomic mass is 79.9. The number of carbonyl (C=O) groups excluding carboxylic acids is 3. The second kappa shape index (κ2) is 9.53. The average molecular weight is 546 g/mol. The number of furan rings is 1. The van der Waals surface area contributed by atoms with E-state index in [1.165, 1.54) is 37.5 Å². The highest BCUT2D eigenvalue weighted by Crippen LogP contribution is 2.31. The summed E-state index contributed by atoms with van der Waals surface area (Å²) in [5, 5.41) is 2.61. The van der Waals surface area contributed by atoms with Crippen molar-refractivity contribution in [2.75, 3.05) is 10.2 Å². The molecular formula is C23H20BrN3O6S. The fraction of sp³-hybridized carbons (Fsp3) is 0.174. The molecule has 34 heavy (non-hydrogen) atoms. The first-order valence-corrected chi connectivity index (χ1v) is 12.4. The Bertz CT molecular complexity index is 1320. The molecule has 9 nitrogen and oxygen atoms in total. The first kappa shape index (κ1) is 23.9. The van der Waals surface area contributed by atoms with Gasteiger partial charge >= 0.3 is 0 Å². The van der Waals surface area contributed by atoms with Crippen molar-refractivity contribution in [2.24, 2.45) is 0 Å². The second-order valence-electron chi connectivity index (χ2n) is 7.60. The van der Waals surface area contributed by atoms with E-state index in [1.54, 1.807) is 36.4 Å². The zero-order valence-corrected chi connectivity index (χ0v) is 20.4. The van der Waals surface area contributed by atoms with Crippen LogP contribution in [0.4, 0.5) is 11.4 Å². The minimum absolute atomic E-state index is 0.0133. The van der Waals surface area contributed by atoms with Gasteiger partial charge in [-0.3, -0.25) is 14.4 Å². The molecular weight excluding hydrogens is 526 g/mol. The predicted molar refractivity (Wildman–Crippen MR) is 127 cm³/mol. The standard InChI is InChI=1S/C23H20BrN3O6S/c1-15(28)25-17-6-8-18(9-7-17)27-22(29)13-21(23(27)30)26(14-19-3-2-12-33-19)34(31,32)20-10-4-16(24)5-11-20/h2-12,21H,13-14H2,1H3,(H,25,28). The van der Waals surface area contributed by atoms with Gasteiger partial charge in [-0.05, 0) is 60.7 Å². The molecule has 0 saturated carbocycles. The van der Waals surface area contributed by atoms with Crippen LogP contribution in [0.1, 0.15) is 19.1 Å². The fourth-order valence-corrected chi connectivity index (χ4v) is 5.48. The molecule has 2 heterocycles. The van der Waals surface area contributed by atoms with E-state index in [0.717, 1.165) is 9.21 Å². The van der Waals surface area contributed by atoms with Gasteiger partial charge in [0.25, 0.3) is 5.91 Å². The fourth-order valence-electron chi connectivity index (χ4n) is 3.67. The molecule has 2 aromatic carbocycles. The Balaban J connectivity index is 1.68. The number of carbonyl (C=O) groups is 3. The topological polar surface area (TPSA) is 117 Å². The summed E-state index contributed by atoms with van der Waals surface area (Å²) in [4.78, 5) is 38.4. The molecule has 11 heteroatoms. The Morgan fingerprint density at radius 1 is 1.12 bits per heavy atom. The van der Waals surface area contributed by atoms with E-state index < -0.39 is 27.9 Å². The maximum absolute atomic E-state index is 13.5. The average Bonchev–Trinajstić information content (AvgIpc) is 3.40. The maximum Gasteiger partial charge on any atom is 0.252 e. The minimum Gasteiger partial charge on any atom is -0.468 e. The van der Waals surface area contributed by atoms with Gasteiger partial charge in [0, 0.05) is 17.1 Å². The van der Waals surface area contributed by atoms with Crippen molar-refractivity contribution in [3.8, 4) is 0 Å². The molecule has 1 N–H and O–H groups in total. The van der Waals surface area contributed by atoms with Gasteiger partial charge in [0.2, 0.25) is 21.8 Å². The number of amides is 3. The number of nitrogens with one attached hydrogen (secondary N) is 1. The molecule has 0 aliphatic carbocycles. The van der Waals surface area contributed by atoms with Crippen LogP contribution < -0.4 is 10.2 Å². The molecule has 3 aromatic rings. The minimum atomic E-state index is -4.15. The van der Waals surface area contributed by atoms with Gasteiger partial charge < -0.3 is 9.73 Å². The lowest BCUT2D eigenvalue weighted by molar-refractivity contribution is -0.122. The van der Waals surface area contributed by atoms with Crippen molar-refractivity contribution in [3.63, 3.8) is 0 Å². The SMILES string of the molecule is CC(=O)Nc1ccc(N2C(=O)CC(N(Cc3ccco3)S(=O)(=O)c3ccc(Br)cc3)C2=O)cc1. The lowest BCUT2D eigenvalue weighted by atomic mass is 10.2. The number of halogens is 1. The summed E-state index contributed by atoms with van der Waals surface area (Å²) < 4.78 is 34.1. The number of benzene rings is 2. The van der Waals surface area contributed by atoms with Gasteiger partial charge in [0.05, 0.1) is 29.8 Å². The molecule has 4 rings (SSSR count). The van der Waals surface area contributed by atoms with Crippen molar-refractivity contribution in [1.82, 2.24) is 4.31 Å². The number of hydrogen-bond acceptors (Lipinski definition) is 6. The largest absolute Gasteiger partial charge is 0.468 e. The molecule has 3 amide bonds. The monoisotopic (exact) mass is 545 g/mol. The quantitative estimate of drug-likeness (QED) is 0.454. The first-order chi connectivity index (χ1) is 16.2. The first-order valence-electron chi connectivity index (χ1n) is 10.2. The molecule has 176 valence electrons. The second-order valence-corrected chi connectivity index (χ2v) is 10.4. The molecule has 1 aliphatic rings. The van der Waals surface area contributed by atoms with E-state index in [-0.39, 0.29) is 29.5 Å². The number of anilines is 2. The van der Waals surface area contributed by atoms with Crippen molar-refractivity contribution < 1.29 is 27.2 Å². The Morgan fingerprint density at radius 3 is 2.38 bits per heavy atom. The predicted octanol–water partition coefficient (Wildman–Crippen LogP) is 3.52. The molecule has 0 radical (unpaired) electrons. The number of rotatable bonds is 7. The molecule has 1 unspecified atom stereocenters. The van der Waals surface area contributed by atoms with Crippen LogP contribution in [0.2, 0.25) is 0 Å². The van der Waals surface area contributed by atoms with E-state index in [9.17, 15) is 22.8 Å². The lowest BCUT2D eigenvalue weighted by Gasteiger charge is -2.26. The van der Waals surface area contributed by atoms with Gasteiger partial charge in [-0.1, -0.05) is 15.9 Å². The number of imide groups is 1. The number of nitrogens with zero attached hydrogens (tertiary/aromatic N) is 2. The third-order valence-electron chi connectivity index (χ3n) is 5.23. The Morgan fingerprint density at radius 2 is 1.79 bits per heavy atom. The van der Waals surface area contributed by atoms with Gasteiger partial charge in [0.15, 0.2) is 0 Å². The van der Waals surface area contributed by atoms with Crippen molar-refractivity contribution in [2.45, 2.75) is 30.8 Å². The van der Waals surface area contributed by atoms with Crippen LogP contribution in [0, 0.1) is 0 Å². The zero-order valence-electron chi connectivity index (χ0n) is 18.0. The molecule has 0 spiro atoms. The van der Waals surface area contributed by atoms with Crippen molar-refractivity contribution in [1.29, 1.82) is 0 Å². The van der Waals surface area contributed by atoms with E-state index in [2.05, 4.69) is 21.2 Å². The summed E-state index contributed by atoms with van der Waals surface area (Å²) in [7, 11) is -4.15. The van der Waals surface area contributed by atoms with Crippen molar-refractivity contribution in [3.05, 3.63) is 77.2 Å². The summed E-state index contributed by atoms with van der Waals surface area (Å²) >= 11 is 3.28. The molecule has 1 aliphatic heterocycles. The summed E-state index contributed by atoms with van der Waals surface area (Å²) in [5.74, 6) is -1.12. The molecule has 1 saturated heterocycles. The smallest absolute Gasteiger partial charge is 0.252 e. The zero-order chi connectivity index (χ0) is 24.5. The van der Waals surface area contributed by atoms with E-state index in [4.69, 9.17) is 4.42 Å². The van der Waals surface area contributed by atoms with Crippen LogP contribution in [-0.4, -0.2) is 36.5 Å². The third-order valence-corrected chi connectivity index (χ3v) is 7.63. The van der Waals surface area contributed by atoms with Crippen LogP contribution in [0.25, 0.3) is 0 Å². The Labute approximate surface area is 204 Å². The van der Waals surface area contributed by atoms with Gasteiger partial charge in [-0.15, -0.1) is 0 Å². The molecule has 1 aromatic heterocycles. The van der Waals surface area contributed by atoms with Crippen LogP contribution in [0.15, 0.2) is 80.7 Å². The van der Waals surface area contributed by atoms with E-state index in [0.29, 0.717) is 15.9 Å². The maximum atomic E-state index is 13.5. The van der Waals surface area contributed by atoms with E-state index >= 15 is 0 Å². The van der Waals surface area contributed by atoms with Crippen LogP contribution in [0.5, 0.6) is 0 Å². The molecule has 0 bridgehead atoms. The summed E-state index contributed by atoms with van der Waals surface area (Å²) in [6.45, 7) is 1.15.